The van der Waals surface area contributed by atoms with Gasteiger partial charge in [0.15, 0.2) is 4.80 Å². The van der Waals surface area contributed by atoms with Crippen molar-refractivity contribution in [3.8, 4) is 11.5 Å². The van der Waals surface area contributed by atoms with E-state index in [1.165, 1.54) is 30.6 Å². The second-order valence-corrected chi connectivity index (χ2v) is 13.5. The average Bonchev–Trinajstić information content (AvgIpc) is 3.61. The number of anilines is 2. The Kier molecular flexibility index (Phi) is 12.3. The third-order valence-electron chi connectivity index (χ3n) is 7.34. The van der Waals surface area contributed by atoms with Crippen molar-refractivity contribution in [2.45, 2.75) is 66.2 Å². The van der Waals surface area contributed by atoms with Gasteiger partial charge >= 0.3 is 5.97 Å². The van der Waals surface area contributed by atoms with E-state index in [4.69, 9.17) is 31.4 Å². The summed E-state index contributed by atoms with van der Waals surface area (Å²) in [6.07, 6.45) is 4.23. The molecule has 4 aromatic rings. The summed E-state index contributed by atoms with van der Waals surface area (Å²) in [5.74, 6) is -1.40. The first kappa shape index (κ1) is 38.2. The predicted octanol–water partition coefficient (Wildman–Crippen LogP) is 3.93. The van der Waals surface area contributed by atoms with E-state index in [0.717, 1.165) is 0 Å². The maximum atomic E-state index is 13.4. The van der Waals surface area contributed by atoms with Crippen LogP contribution in [0.4, 0.5) is 11.4 Å². The zero-order valence-corrected chi connectivity index (χ0v) is 30.4. The van der Waals surface area contributed by atoms with Gasteiger partial charge in [0.25, 0.3) is 5.91 Å². The highest BCUT2D eigenvalue weighted by Crippen LogP contribution is 2.33. The molecule has 0 spiro atoms. The van der Waals surface area contributed by atoms with Crippen LogP contribution in [0.3, 0.4) is 0 Å². The molecule has 0 aliphatic heterocycles. The average molecular weight is 721 g/mol. The Morgan fingerprint density at radius 2 is 1.71 bits per heavy atom. The van der Waals surface area contributed by atoms with Crippen LogP contribution in [0.2, 0.25) is 0 Å². The highest BCUT2D eigenvalue weighted by Gasteiger charge is 2.19. The summed E-state index contributed by atoms with van der Waals surface area (Å²) in [6.45, 7) is 10.3. The summed E-state index contributed by atoms with van der Waals surface area (Å²) < 4.78 is 21.0. The van der Waals surface area contributed by atoms with E-state index in [1.54, 1.807) is 50.6 Å². The molecule has 2 heterocycles. The number of nitrogens with zero attached hydrogens (tertiary/aromatic N) is 4. The van der Waals surface area contributed by atoms with Crippen LogP contribution in [-0.4, -0.2) is 63.9 Å². The van der Waals surface area contributed by atoms with Gasteiger partial charge < -0.3 is 41.3 Å². The Morgan fingerprint density at radius 1 is 1.02 bits per heavy atom. The Balaban J connectivity index is 1.59. The molecule has 0 fully saturated rings. The lowest BCUT2D eigenvalue weighted by molar-refractivity contribution is -0.155. The number of methoxy groups -OCH3 is 1. The van der Waals surface area contributed by atoms with Gasteiger partial charge in [0.1, 0.15) is 34.0 Å². The van der Waals surface area contributed by atoms with Gasteiger partial charge in [-0.3, -0.25) is 23.9 Å². The predicted molar refractivity (Wildman–Crippen MR) is 195 cm³/mol. The van der Waals surface area contributed by atoms with Crippen LogP contribution in [0, 0.1) is 6.92 Å². The molecule has 0 saturated heterocycles. The van der Waals surface area contributed by atoms with Gasteiger partial charge in [-0.1, -0.05) is 23.5 Å². The number of benzene rings is 2. The number of fused-ring (bicyclic) bond motifs is 1. The van der Waals surface area contributed by atoms with E-state index in [2.05, 4.69) is 15.4 Å². The fraction of sp³-hybridized carbons (Fsp3) is 0.371. The number of aromatic nitrogens is 3. The number of carbonyl (C=O) groups is 4. The number of thiazole rings is 1. The monoisotopic (exact) mass is 720 g/mol. The smallest absolute Gasteiger partial charge is 0.306 e. The number of nitrogens with one attached hydrogen (secondary N) is 1. The number of ether oxygens (including phenoxy) is 3. The lowest BCUT2D eigenvalue weighted by Crippen LogP contribution is -2.24. The Labute approximate surface area is 299 Å². The van der Waals surface area contributed by atoms with Crippen molar-refractivity contribution in [2.24, 2.45) is 16.5 Å². The lowest BCUT2D eigenvalue weighted by atomic mass is 10.1. The van der Waals surface area contributed by atoms with E-state index in [9.17, 15) is 19.2 Å². The maximum absolute atomic E-state index is 13.4. The van der Waals surface area contributed by atoms with Crippen molar-refractivity contribution in [1.29, 1.82) is 0 Å². The molecule has 0 radical (unpaired) electrons. The standard InChI is InChI=1S/C35H44N8O7S/c1-7-43-24(15-20(2)41-43)33(47)40-34-42(30-26(48-6)18-22(32(38)46)19-27(30)51-34)13-9-8-12-39-29-23(36)16-21(31(37)45)17-25(29)49-14-10-11-28(44)50-35(3,4)5/h8-9,15-19,39H,7,10-14,36H2,1-6H3,(H2,37,45)(H2,38,46)/b9-8+,40-34-. The van der Waals surface area contributed by atoms with Crippen LogP contribution in [0.1, 0.15) is 77.4 Å². The van der Waals surface area contributed by atoms with Gasteiger partial charge in [-0.05, 0) is 71.4 Å². The molecule has 16 heteroatoms. The molecule has 0 unspecified atom stereocenters. The number of hydrogen-bond acceptors (Lipinski definition) is 11. The Bertz CT molecular complexity index is 2050. The van der Waals surface area contributed by atoms with E-state index in [0.29, 0.717) is 63.1 Å². The fourth-order valence-electron chi connectivity index (χ4n) is 5.13. The van der Waals surface area contributed by atoms with Crippen molar-refractivity contribution in [1.82, 2.24) is 14.3 Å². The lowest BCUT2D eigenvalue weighted by Gasteiger charge is -2.19. The van der Waals surface area contributed by atoms with E-state index in [-0.39, 0.29) is 42.4 Å². The number of nitrogen functional groups attached to an aromatic ring is 1. The van der Waals surface area contributed by atoms with Crippen molar-refractivity contribution in [2.75, 3.05) is 31.3 Å². The number of rotatable bonds is 15. The van der Waals surface area contributed by atoms with E-state index >= 15 is 0 Å². The first-order valence-corrected chi connectivity index (χ1v) is 17.0. The highest BCUT2D eigenvalue weighted by molar-refractivity contribution is 7.16. The molecule has 7 N–H and O–H groups in total. The first-order chi connectivity index (χ1) is 24.1. The number of nitrogens with two attached hydrogens (primary N) is 3. The minimum Gasteiger partial charge on any atom is -0.494 e. The summed E-state index contributed by atoms with van der Waals surface area (Å²) in [4.78, 5) is 54.3. The first-order valence-electron chi connectivity index (χ1n) is 16.2. The topological polar surface area (TPSA) is 221 Å². The van der Waals surface area contributed by atoms with E-state index < -0.39 is 23.3 Å². The summed E-state index contributed by atoms with van der Waals surface area (Å²) in [5.41, 5.74) is 19.6. The molecule has 51 heavy (non-hydrogen) atoms. The van der Waals surface area contributed by atoms with Gasteiger partial charge in [-0.15, -0.1) is 0 Å². The Morgan fingerprint density at radius 3 is 2.35 bits per heavy atom. The zero-order valence-electron chi connectivity index (χ0n) is 29.6. The molecule has 3 amide bonds. The molecule has 2 aromatic carbocycles. The van der Waals surface area contributed by atoms with Crippen LogP contribution in [-0.2, 0) is 22.6 Å². The molecular formula is C35H44N8O7S. The third kappa shape index (κ3) is 9.75. The summed E-state index contributed by atoms with van der Waals surface area (Å²) in [7, 11) is 1.48. The Hall–Kier alpha value is -5.64. The maximum Gasteiger partial charge on any atom is 0.306 e. The fourth-order valence-corrected chi connectivity index (χ4v) is 6.22. The minimum absolute atomic E-state index is 0.152. The van der Waals surface area contributed by atoms with Crippen molar-refractivity contribution in [3.05, 3.63) is 69.8 Å². The SMILES string of the molecule is CCn1nc(C)cc1C(=O)/N=c1\sc2cc(C(N)=O)cc(OC)c2n1C/C=C/CNc1c(N)cc(C(N)=O)cc1OCCCC(=O)OC(C)(C)C. The molecule has 272 valence electrons. The van der Waals surface area contributed by atoms with Crippen molar-refractivity contribution < 1.29 is 33.4 Å². The molecule has 0 aliphatic rings. The second-order valence-electron chi connectivity index (χ2n) is 12.5. The summed E-state index contributed by atoms with van der Waals surface area (Å²) in [5, 5.41) is 7.58. The number of primary amides is 2. The molecule has 15 nitrogen and oxygen atoms in total. The number of hydrogen-bond donors (Lipinski definition) is 4. The number of amides is 3. The third-order valence-corrected chi connectivity index (χ3v) is 8.36. The number of aryl methyl sites for hydroxylation is 2. The number of carbonyl (C=O) groups excluding carboxylic acids is 4. The van der Waals surface area contributed by atoms with Crippen LogP contribution in [0.15, 0.2) is 47.5 Å². The normalized spacial score (nSPS) is 12.0. The molecule has 2 aromatic heterocycles. The summed E-state index contributed by atoms with van der Waals surface area (Å²) >= 11 is 1.22. The quantitative estimate of drug-likeness (QED) is 0.0600. The van der Waals surface area contributed by atoms with Gasteiger partial charge in [-0.2, -0.15) is 10.1 Å². The van der Waals surface area contributed by atoms with Crippen LogP contribution >= 0.6 is 11.3 Å². The number of allylic oxidation sites excluding steroid dienone is 1. The molecule has 4 rings (SSSR count). The molecule has 0 bridgehead atoms. The second kappa shape index (κ2) is 16.4. The molecular weight excluding hydrogens is 677 g/mol. The van der Waals surface area contributed by atoms with Crippen molar-refractivity contribution >= 4 is 56.6 Å². The van der Waals surface area contributed by atoms with Crippen LogP contribution in [0.25, 0.3) is 10.2 Å². The zero-order chi connectivity index (χ0) is 37.5. The van der Waals surface area contributed by atoms with Crippen LogP contribution < -0.4 is 36.8 Å². The van der Waals surface area contributed by atoms with Gasteiger partial charge in [0, 0.05) is 37.2 Å². The van der Waals surface area contributed by atoms with Crippen LogP contribution in [0.5, 0.6) is 11.5 Å². The number of esters is 1. The van der Waals surface area contributed by atoms with Gasteiger partial charge in [-0.25, -0.2) is 0 Å². The van der Waals surface area contributed by atoms with Crippen molar-refractivity contribution in [3.63, 3.8) is 0 Å². The largest absolute Gasteiger partial charge is 0.494 e. The molecule has 0 aliphatic carbocycles. The van der Waals surface area contributed by atoms with E-state index in [1.807, 2.05) is 23.6 Å². The van der Waals surface area contributed by atoms with Gasteiger partial charge in [0.2, 0.25) is 11.8 Å². The minimum atomic E-state index is -0.667. The van der Waals surface area contributed by atoms with Gasteiger partial charge in [0.05, 0.1) is 29.8 Å². The summed E-state index contributed by atoms with van der Waals surface area (Å²) in [6, 6.07) is 7.83. The highest BCUT2D eigenvalue weighted by atomic mass is 32.1. The molecule has 0 atom stereocenters. The molecule has 0 saturated carbocycles.